The van der Waals surface area contributed by atoms with Crippen molar-refractivity contribution in [1.29, 1.82) is 0 Å². The van der Waals surface area contributed by atoms with E-state index in [1.807, 2.05) is 34.0 Å². The van der Waals surface area contributed by atoms with E-state index in [0.717, 1.165) is 103 Å². The first-order chi connectivity index (χ1) is 23.7. The van der Waals surface area contributed by atoms with E-state index < -0.39 is 11.7 Å². The fourth-order valence-corrected chi connectivity index (χ4v) is 7.23. The number of ketones is 1. The Kier molecular flexibility index (Phi) is 14.0. The average molecular weight is 702 g/mol. The van der Waals surface area contributed by atoms with Gasteiger partial charge in [-0.25, -0.2) is 0 Å². The van der Waals surface area contributed by atoms with Crippen molar-refractivity contribution in [2.24, 2.45) is 0 Å². The van der Waals surface area contributed by atoms with Crippen LogP contribution in [0.5, 0.6) is 11.6 Å². The lowest BCUT2D eigenvalue weighted by atomic mass is 9.85. The number of nitrogens with zero attached hydrogens (tertiary/aromatic N) is 3. The van der Waals surface area contributed by atoms with Gasteiger partial charge in [0.25, 0.3) is 0 Å². The highest BCUT2D eigenvalue weighted by Crippen LogP contribution is 2.42. The summed E-state index contributed by atoms with van der Waals surface area (Å²) in [5, 5.41) is 0. The number of hydrogen-bond acceptors (Lipinski definition) is 8. The zero-order valence-electron chi connectivity index (χ0n) is 31.8. The highest BCUT2D eigenvalue weighted by atomic mass is 32.2. The number of likely N-dealkylation sites (N-methyl/N-ethyl adjacent to an activating group) is 1. The molecule has 0 bridgehead atoms. The van der Waals surface area contributed by atoms with Gasteiger partial charge in [-0.3, -0.25) is 4.79 Å². The predicted molar refractivity (Wildman–Crippen MR) is 212 cm³/mol. The molecule has 0 N–H and O–H groups in total. The highest BCUT2D eigenvalue weighted by Gasteiger charge is 2.29. The van der Waals surface area contributed by atoms with Gasteiger partial charge in [-0.15, -0.1) is 11.8 Å². The summed E-state index contributed by atoms with van der Waals surface area (Å²) >= 11 is 1.59. The molecule has 0 saturated carbocycles. The molecule has 1 fully saturated rings. The quantitative estimate of drug-likeness (QED) is 0.127. The van der Waals surface area contributed by atoms with Crippen molar-refractivity contribution < 1.29 is 19.0 Å². The van der Waals surface area contributed by atoms with E-state index in [9.17, 15) is 4.79 Å². The summed E-state index contributed by atoms with van der Waals surface area (Å²) < 4.78 is 18.9. The maximum absolute atomic E-state index is 12.8. The molecule has 8 heteroatoms. The van der Waals surface area contributed by atoms with Crippen molar-refractivity contribution in [2.45, 2.75) is 97.4 Å². The fraction of sp³-hybridized carbons (Fsp3) is 0.524. The van der Waals surface area contributed by atoms with Crippen LogP contribution in [0.4, 0.5) is 5.82 Å². The first-order valence-electron chi connectivity index (χ1n) is 18.0. The molecule has 0 aliphatic carbocycles. The molecule has 1 aromatic heterocycles. The van der Waals surface area contributed by atoms with Gasteiger partial charge < -0.3 is 24.0 Å². The normalized spacial score (nSPS) is 18.3. The molecule has 3 heterocycles. The Morgan fingerprint density at radius 1 is 1.12 bits per heavy atom. The Bertz CT molecular complexity index is 1570. The number of unbranched alkanes of at least 4 members (excludes halogenated alkanes) is 1. The summed E-state index contributed by atoms with van der Waals surface area (Å²) in [5.41, 5.74) is 5.38. The van der Waals surface area contributed by atoms with E-state index in [2.05, 4.69) is 73.8 Å². The van der Waals surface area contributed by atoms with Crippen molar-refractivity contribution in [1.82, 2.24) is 9.88 Å². The first kappa shape index (κ1) is 39.5. The number of thioether (sulfide) groups is 1. The Morgan fingerprint density at radius 2 is 1.84 bits per heavy atom. The monoisotopic (exact) mass is 701 g/mol. The molecular formula is C42H59N3O4S. The number of carbonyl (C=O) groups is 1. The number of ether oxygens (including phenoxy) is 3. The molecule has 272 valence electrons. The van der Waals surface area contributed by atoms with Crippen LogP contribution in [0.15, 0.2) is 66.6 Å². The molecule has 7 nitrogen and oxygen atoms in total. The second kappa shape index (κ2) is 17.7. The molecule has 2 aromatic rings. The van der Waals surface area contributed by atoms with Crippen LogP contribution >= 0.6 is 11.8 Å². The molecule has 0 spiro atoms. The van der Waals surface area contributed by atoms with Gasteiger partial charge in [-0.05, 0) is 139 Å². The van der Waals surface area contributed by atoms with E-state index in [-0.39, 0.29) is 11.9 Å². The number of fused-ring (bicyclic) bond motifs is 1. The average Bonchev–Trinajstić information content (AvgIpc) is 3.08. The number of benzene rings is 1. The molecule has 0 amide bonds. The van der Waals surface area contributed by atoms with E-state index in [1.165, 1.54) is 5.56 Å². The van der Waals surface area contributed by atoms with Crippen LogP contribution in [0.2, 0.25) is 0 Å². The minimum atomic E-state index is -0.642. The molecule has 2 aliphatic heterocycles. The van der Waals surface area contributed by atoms with Crippen molar-refractivity contribution in [3.05, 3.63) is 83.3 Å². The number of piperazine rings is 1. The SMILES string of the molecule is C=CC(=C)c1ccc(N2CCN(C)CC2)nc1OC(C)CCCCC1CCOc2ccc(C(C(=C)SC)=C(C)C(OC(C)(C)C)C(C)=O)cc21. The predicted octanol–water partition coefficient (Wildman–Crippen LogP) is 9.35. The van der Waals surface area contributed by atoms with Crippen molar-refractivity contribution in [2.75, 3.05) is 51.0 Å². The van der Waals surface area contributed by atoms with Gasteiger partial charge in [-0.1, -0.05) is 38.3 Å². The molecule has 1 saturated heterocycles. The topological polar surface area (TPSA) is 64.1 Å². The lowest BCUT2D eigenvalue weighted by Crippen LogP contribution is -2.44. The molecular weight excluding hydrogens is 643 g/mol. The van der Waals surface area contributed by atoms with E-state index in [4.69, 9.17) is 19.2 Å². The van der Waals surface area contributed by atoms with E-state index >= 15 is 0 Å². The first-order valence-corrected chi connectivity index (χ1v) is 19.3. The standard InChI is InChI=1S/C42H59N3O4S/c1-12-28(2)35-18-20-38(45-24-22-44(10)23-25-45)43-41(35)48-29(3)15-13-14-16-33-21-26-47-37-19-17-34(27-36(33)37)39(32(6)50-11)30(4)40(31(5)46)49-42(7,8)9/h12,17-20,27,29,33,40H,1-2,6,13-16,21-26H2,3-5,7-11H3. The Balaban J connectivity index is 1.45. The van der Waals surface area contributed by atoms with Gasteiger partial charge >= 0.3 is 0 Å². The molecule has 50 heavy (non-hydrogen) atoms. The molecule has 0 radical (unpaired) electrons. The van der Waals surface area contributed by atoms with Crippen LogP contribution in [0.25, 0.3) is 11.1 Å². The fourth-order valence-electron chi connectivity index (χ4n) is 6.75. The largest absolute Gasteiger partial charge is 0.493 e. The maximum atomic E-state index is 12.8. The van der Waals surface area contributed by atoms with Gasteiger partial charge in [-0.2, -0.15) is 4.98 Å². The van der Waals surface area contributed by atoms with Crippen LogP contribution in [0.1, 0.15) is 96.3 Å². The minimum absolute atomic E-state index is 0.00736. The number of pyridine rings is 1. The Morgan fingerprint density at radius 3 is 2.48 bits per heavy atom. The van der Waals surface area contributed by atoms with Gasteiger partial charge in [0, 0.05) is 36.6 Å². The van der Waals surface area contributed by atoms with Crippen molar-refractivity contribution in [3.63, 3.8) is 0 Å². The van der Waals surface area contributed by atoms with Crippen LogP contribution in [0, 0.1) is 0 Å². The second-order valence-corrected chi connectivity index (χ2v) is 15.6. The number of aromatic nitrogens is 1. The summed E-state index contributed by atoms with van der Waals surface area (Å²) in [7, 11) is 2.16. The number of hydrogen-bond donors (Lipinski definition) is 0. The summed E-state index contributed by atoms with van der Waals surface area (Å²) in [4.78, 5) is 23.4. The van der Waals surface area contributed by atoms with Gasteiger partial charge in [0.15, 0.2) is 5.78 Å². The van der Waals surface area contributed by atoms with Crippen molar-refractivity contribution >= 4 is 34.5 Å². The third-order valence-corrected chi connectivity index (χ3v) is 10.3. The second-order valence-electron chi connectivity index (χ2n) is 14.7. The molecule has 4 rings (SSSR count). The summed E-state index contributed by atoms with van der Waals surface area (Å²) in [6, 6.07) is 10.6. The third-order valence-electron chi connectivity index (χ3n) is 9.61. The van der Waals surface area contributed by atoms with Crippen molar-refractivity contribution in [3.8, 4) is 11.6 Å². The van der Waals surface area contributed by atoms with Gasteiger partial charge in [0.2, 0.25) is 5.88 Å². The molecule has 3 unspecified atom stereocenters. The third kappa shape index (κ3) is 10.4. The number of Topliss-reactive ketones (excluding diaryl/α,β-unsaturated/α-hetero) is 1. The zero-order chi connectivity index (χ0) is 36.6. The minimum Gasteiger partial charge on any atom is -0.493 e. The summed E-state index contributed by atoms with van der Waals surface area (Å²) in [6.07, 6.45) is 8.24. The van der Waals surface area contributed by atoms with Crippen LogP contribution in [-0.2, 0) is 9.53 Å². The zero-order valence-corrected chi connectivity index (χ0v) is 32.6. The maximum Gasteiger partial charge on any atom is 0.223 e. The number of rotatable bonds is 16. The molecule has 2 aliphatic rings. The van der Waals surface area contributed by atoms with Gasteiger partial charge in [0.1, 0.15) is 17.7 Å². The summed E-state index contributed by atoms with van der Waals surface area (Å²) in [5.74, 6) is 2.91. The molecule has 3 atom stereocenters. The Hall–Kier alpha value is -3.33. The smallest absolute Gasteiger partial charge is 0.223 e. The van der Waals surface area contributed by atoms with Crippen LogP contribution in [-0.4, -0.2) is 79.6 Å². The van der Waals surface area contributed by atoms with E-state index in [1.54, 1.807) is 24.8 Å². The highest BCUT2D eigenvalue weighted by molar-refractivity contribution is 8.02. The lowest BCUT2D eigenvalue weighted by Gasteiger charge is -2.33. The number of anilines is 1. The summed E-state index contributed by atoms with van der Waals surface area (Å²) in [6.45, 7) is 28.8. The number of carbonyl (C=O) groups excluding carboxylic acids is 1. The Labute approximate surface area is 305 Å². The van der Waals surface area contributed by atoms with Gasteiger partial charge in [0.05, 0.1) is 18.3 Å². The number of allylic oxidation sites excluding steroid dienone is 3. The van der Waals surface area contributed by atoms with Crippen LogP contribution in [0.3, 0.4) is 0 Å². The lowest BCUT2D eigenvalue weighted by molar-refractivity contribution is -0.134. The van der Waals surface area contributed by atoms with Crippen LogP contribution < -0.4 is 14.4 Å². The van der Waals surface area contributed by atoms with E-state index in [0.29, 0.717) is 18.4 Å². The molecule has 1 aromatic carbocycles.